The molecule has 190 valence electrons. The van der Waals surface area contributed by atoms with Crippen molar-refractivity contribution in [2.45, 2.75) is 26.2 Å². The van der Waals surface area contributed by atoms with Gasteiger partial charge in [0.25, 0.3) is 11.5 Å². The van der Waals surface area contributed by atoms with Crippen molar-refractivity contribution in [3.63, 3.8) is 0 Å². The van der Waals surface area contributed by atoms with Crippen LogP contribution in [0.15, 0.2) is 58.4 Å². The minimum Gasteiger partial charge on any atom is -0.369 e. The zero-order chi connectivity index (χ0) is 26.1. The second kappa shape index (κ2) is 10.5. The Morgan fingerprint density at radius 3 is 2.59 bits per heavy atom. The fourth-order valence-electron chi connectivity index (χ4n) is 4.75. The molecule has 0 saturated carbocycles. The molecule has 1 aromatic carbocycles. The number of pyridine rings is 1. The van der Waals surface area contributed by atoms with Gasteiger partial charge in [0, 0.05) is 31.7 Å². The van der Waals surface area contributed by atoms with Crippen LogP contribution in [0.25, 0.3) is 11.7 Å². The molecule has 0 radical (unpaired) electrons. The molecule has 0 spiro atoms. The number of aromatic nitrogens is 2. The van der Waals surface area contributed by atoms with Gasteiger partial charge >= 0.3 is 0 Å². The number of carbonyl (C=O) groups excluding carboxylic acids is 2. The second-order valence-electron chi connectivity index (χ2n) is 9.27. The van der Waals surface area contributed by atoms with Crippen molar-refractivity contribution < 1.29 is 9.59 Å². The Morgan fingerprint density at radius 1 is 1.16 bits per heavy atom. The number of nitrogens with two attached hydrogens (primary N) is 1. The first kappa shape index (κ1) is 25.2. The summed E-state index contributed by atoms with van der Waals surface area (Å²) in [7, 11) is 0. The van der Waals surface area contributed by atoms with Gasteiger partial charge in [-0.2, -0.15) is 0 Å². The molecular weight excluding hydrogens is 506 g/mol. The standard InChI is InChI=1S/C27H27N5O3S2/c1-17-6-5-12-31-23(17)29-24(30-13-10-19(11-14-30)22(28)33)20(25(31)34)16-21-26(35)32(27(36)37-21)15-9-18-7-3-2-4-8-18/h2-8,12,16,19H,9-11,13-15H2,1H3,(H2,28,33)/b21-16+. The van der Waals surface area contributed by atoms with E-state index in [1.807, 2.05) is 48.2 Å². The van der Waals surface area contributed by atoms with Crippen LogP contribution >= 0.6 is 24.0 Å². The Labute approximate surface area is 224 Å². The third-order valence-corrected chi connectivity index (χ3v) is 8.25. The van der Waals surface area contributed by atoms with Gasteiger partial charge in [-0.3, -0.25) is 23.7 Å². The SMILES string of the molecule is Cc1cccn2c(=O)c(/C=C3/SC(=S)N(CCc4ccccc4)C3=O)c(N3CCC(C(N)=O)CC3)nc12. The Morgan fingerprint density at radius 2 is 1.89 bits per heavy atom. The van der Waals surface area contributed by atoms with E-state index in [9.17, 15) is 14.4 Å². The normalized spacial score (nSPS) is 17.8. The highest BCUT2D eigenvalue weighted by Gasteiger charge is 2.33. The van der Waals surface area contributed by atoms with E-state index in [0.29, 0.717) is 65.2 Å². The van der Waals surface area contributed by atoms with Gasteiger partial charge in [0.1, 0.15) is 15.8 Å². The van der Waals surface area contributed by atoms with E-state index in [4.69, 9.17) is 22.9 Å². The summed E-state index contributed by atoms with van der Waals surface area (Å²) in [6.45, 7) is 3.46. The molecule has 10 heteroatoms. The Kier molecular flexibility index (Phi) is 7.12. The number of hydrogen-bond donors (Lipinski definition) is 1. The third-order valence-electron chi connectivity index (χ3n) is 6.88. The molecule has 2 aliphatic heterocycles. The number of benzene rings is 1. The molecule has 4 heterocycles. The molecule has 8 nitrogen and oxygen atoms in total. The Bertz CT molecular complexity index is 1480. The number of rotatable bonds is 6. The lowest BCUT2D eigenvalue weighted by molar-refractivity contribution is -0.123. The molecule has 37 heavy (non-hydrogen) atoms. The number of thioether (sulfide) groups is 1. The van der Waals surface area contributed by atoms with E-state index in [1.165, 1.54) is 16.2 Å². The summed E-state index contributed by atoms with van der Waals surface area (Å²) in [4.78, 5) is 47.6. The van der Waals surface area contributed by atoms with E-state index < -0.39 is 0 Å². The average molecular weight is 534 g/mol. The van der Waals surface area contributed by atoms with Gasteiger partial charge in [-0.15, -0.1) is 0 Å². The predicted octanol–water partition coefficient (Wildman–Crippen LogP) is 3.15. The van der Waals surface area contributed by atoms with Crippen molar-refractivity contribution in [2.75, 3.05) is 24.5 Å². The van der Waals surface area contributed by atoms with E-state index in [0.717, 1.165) is 11.1 Å². The molecule has 0 unspecified atom stereocenters. The summed E-state index contributed by atoms with van der Waals surface area (Å²) in [6.07, 6.45) is 5.17. The minimum absolute atomic E-state index is 0.191. The first-order chi connectivity index (χ1) is 17.8. The number of primary amides is 1. The number of piperidine rings is 1. The Hall–Kier alpha value is -3.50. The summed E-state index contributed by atoms with van der Waals surface area (Å²) in [5.74, 6) is -0.194. The lowest BCUT2D eigenvalue weighted by atomic mass is 9.96. The highest BCUT2D eigenvalue weighted by Crippen LogP contribution is 2.34. The maximum absolute atomic E-state index is 13.7. The summed E-state index contributed by atoms with van der Waals surface area (Å²) in [5, 5.41) is 0. The summed E-state index contributed by atoms with van der Waals surface area (Å²) in [5.41, 5.74) is 8.15. The molecular formula is C27H27N5O3S2. The van der Waals surface area contributed by atoms with Gasteiger partial charge in [-0.25, -0.2) is 4.98 Å². The molecule has 2 aliphatic rings. The molecule has 0 atom stereocenters. The quantitative estimate of drug-likeness (QED) is 0.384. The van der Waals surface area contributed by atoms with Crippen LogP contribution in [0.4, 0.5) is 5.82 Å². The summed E-state index contributed by atoms with van der Waals surface area (Å²) in [6, 6.07) is 13.6. The van der Waals surface area contributed by atoms with Crippen molar-refractivity contribution in [3.8, 4) is 0 Å². The van der Waals surface area contributed by atoms with Crippen molar-refractivity contribution in [2.24, 2.45) is 11.7 Å². The zero-order valence-electron chi connectivity index (χ0n) is 20.4. The van der Waals surface area contributed by atoms with Crippen LogP contribution in [-0.4, -0.2) is 50.1 Å². The van der Waals surface area contributed by atoms with Gasteiger partial charge in [-0.05, 0) is 49.5 Å². The summed E-state index contributed by atoms with van der Waals surface area (Å²) < 4.78 is 1.98. The predicted molar refractivity (Wildman–Crippen MR) is 150 cm³/mol. The fraction of sp³-hybridized carbons (Fsp3) is 0.296. The lowest BCUT2D eigenvalue weighted by Gasteiger charge is -2.32. The molecule has 3 aromatic rings. The minimum atomic E-state index is -0.304. The number of nitrogens with zero attached hydrogens (tertiary/aromatic N) is 4. The first-order valence-corrected chi connectivity index (χ1v) is 13.4. The average Bonchev–Trinajstić information content (AvgIpc) is 3.17. The number of amides is 2. The maximum Gasteiger partial charge on any atom is 0.267 e. The maximum atomic E-state index is 13.7. The first-order valence-electron chi connectivity index (χ1n) is 12.2. The van der Waals surface area contributed by atoms with Crippen LogP contribution in [0, 0.1) is 12.8 Å². The van der Waals surface area contributed by atoms with Crippen molar-refractivity contribution in [1.82, 2.24) is 14.3 Å². The zero-order valence-corrected chi connectivity index (χ0v) is 22.1. The topological polar surface area (TPSA) is 101 Å². The fourth-order valence-corrected chi connectivity index (χ4v) is 6.04. The molecule has 5 rings (SSSR count). The van der Waals surface area contributed by atoms with Crippen molar-refractivity contribution in [3.05, 3.63) is 80.6 Å². The third kappa shape index (κ3) is 5.03. The molecule has 2 fully saturated rings. The van der Waals surface area contributed by atoms with E-state index in [-0.39, 0.29) is 23.3 Å². The number of carbonyl (C=O) groups is 2. The molecule has 0 bridgehead atoms. The largest absolute Gasteiger partial charge is 0.369 e. The number of thiocarbonyl (C=S) groups is 1. The van der Waals surface area contributed by atoms with E-state index in [1.54, 1.807) is 23.2 Å². The molecule has 2 amide bonds. The lowest BCUT2D eigenvalue weighted by Crippen LogP contribution is -2.40. The highest BCUT2D eigenvalue weighted by atomic mass is 32.2. The van der Waals surface area contributed by atoms with Crippen LogP contribution in [0.1, 0.15) is 29.5 Å². The molecule has 2 aromatic heterocycles. The van der Waals surface area contributed by atoms with Crippen LogP contribution in [-0.2, 0) is 16.0 Å². The highest BCUT2D eigenvalue weighted by molar-refractivity contribution is 8.26. The van der Waals surface area contributed by atoms with E-state index in [2.05, 4.69) is 0 Å². The van der Waals surface area contributed by atoms with Gasteiger partial charge in [0.15, 0.2) is 0 Å². The molecule has 2 N–H and O–H groups in total. The van der Waals surface area contributed by atoms with Gasteiger partial charge in [0.05, 0.1) is 10.5 Å². The number of aryl methyl sites for hydroxylation is 1. The van der Waals surface area contributed by atoms with Crippen molar-refractivity contribution >= 4 is 57.7 Å². The van der Waals surface area contributed by atoms with Crippen LogP contribution < -0.4 is 16.2 Å². The molecule has 2 saturated heterocycles. The van der Waals surface area contributed by atoms with Gasteiger partial charge in [-0.1, -0.05) is 60.4 Å². The second-order valence-corrected chi connectivity index (χ2v) is 10.9. The Balaban J connectivity index is 1.50. The number of fused-ring (bicyclic) bond motifs is 1. The van der Waals surface area contributed by atoms with Crippen LogP contribution in [0.2, 0.25) is 0 Å². The van der Waals surface area contributed by atoms with Crippen LogP contribution in [0.3, 0.4) is 0 Å². The summed E-state index contributed by atoms with van der Waals surface area (Å²) >= 11 is 6.72. The number of anilines is 1. The smallest absolute Gasteiger partial charge is 0.267 e. The van der Waals surface area contributed by atoms with Gasteiger partial charge in [0.2, 0.25) is 5.91 Å². The van der Waals surface area contributed by atoms with E-state index >= 15 is 0 Å². The van der Waals surface area contributed by atoms with Crippen molar-refractivity contribution in [1.29, 1.82) is 0 Å². The molecule has 0 aliphatic carbocycles. The monoisotopic (exact) mass is 533 g/mol. The number of hydrogen-bond acceptors (Lipinski definition) is 7. The van der Waals surface area contributed by atoms with Gasteiger partial charge < -0.3 is 10.6 Å². The van der Waals surface area contributed by atoms with Crippen LogP contribution in [0.5, 0.6) is 0 Å².